The van der Waals surface area contributed by atoms with Crippen molar-refractivity contribution in [2.24, 2.45) is 0 Å². The number of furan rings is 1. The van der Waals surface area contributed by atoms with Crippen molar-refractivity contribution < 1.29 is 4.42 Å². The number of hydrogen-bond donors (Lipinski definition) is 0. The summed E-state index contributed by atoms with van der Waals surface area (Å²) < 4.78 is 8.51. The first-order valence-electron chi connectivity index (χ1n) is 16.8. The van der Waals surface area contributed by atoms with Crippen LogP contribution in [0.5, 0.6) is 0 Å². The molecular weight excluding hydrogens is 613 g/mol. The van der Waals surface area contributed by atoms with Gasteiger partial charge < -0.3 is 4.42 Å². The minimum atomic E-state index is 0.585. The average Bonchev–Trinajstić information content (AvgIpc) is 3.74. The molecule has 0 aliphatic rings. The Morgan fingerprint density at radius 3 is 1.66 bits per heavy atom. The molecule has 8 aromatic carbocycles. The van der Waals surface area contributed by atoms with Crippen LogP contribution < -0.4 is 0 Å². The Labute approximate surface area is 285 Å². The first-order chi connectivity index (χ1) is 24.8. The summed E-state index contributed by atoms with van der Waals surface area (Å²) in [4.78, 5) is 15.5. The van der Waals surface area contributed by atoms with Gasteiger partial charge in [-0.25, -0.2) is 4.98 Å². The molecule has 11 aromatic rings. The predicted octanol–water partition coefficient (Wildman–Crippen LogP) is 11.7. The molecule has 3 aromatic heterocycles. The Kier molecular flexibility index (Phi) is 5.60. The van der Waals surface area contributed by atoms with Gasteiger partial charge >= 0.3 is 0 Å². The Morgan fingerprint density at radius 1 is 0.360 bits per heavy atom. The summed E-state index contributed by atoms with van der Waals surface area (Å²) in [5, 5.41) is 11.7. The largest absolute Gasteiger partial charge is 0.456 e. The number of hydrogen-bond acceptors (Lipinski definition) is 4. The lowest BCUT2D eigenvalue weighted by Gasteiger charge is -2.14. The Balaban J connectivity index is 1.23. The summed E-state index contributed by atoms with van der Waals surface area (Å²) in [7, 11) is 0. The van der Waals surface area contributed by atoms with Gasteiger partial charge in [-0.05, 0) is 63.3 Å². The van der Waals surface area contributed by atoms with E-state index in [9.17, 15) is 0 Å². The van der Waals surface area contributed by atoms with Crippen LogP contribution >= 0.6 is 0 Å². The number of benzene rings is 8. The Bertz CT molecular complexity index is 3100. The first-order valence-corrected chi connectivity index (χ1v) is 16.8. The van der Waals surface area contributed by atoms with E-state index in [1.54, 1.807) is 0 Å². The molecule has 0 saturated carbocycles. The van der Waals surface area contributed by atoms with Gasteiger partial charge in [0.05, 0.1) is 11.0 Å². The molecule has 11 rings (SSSR count). The Hall–Kier alpha value is -6.85. The molecule has 0 amide bonds. The van der Waals surface area contributed by atoms with Gasteiger partial charge in [-0.1, -0.05) is 121 Å². The highest BCUT2D eigenvalue weighted by Gasteiger charge is 2.20. The maximum atomic E-state index is 6.35. The normalized spacial score (nSPS) is 12.0. The van der Waals surface area contributed by atoms with Gasteiger partial charge in [0.1, 0.15) is 11.2 Å². The highest BCUT2D eigenvalue weighted by atomic mass is 16.3. The standard InChI is InChI=1S/C45H26N4O/c1-2-12-27(13-3-1)43-46-44(48-45(47-43)49-37-19-9-6-16-31(37)32-17-7-10-20-38(32)49)28-22-23-34-36(26-28)30-15-5-4-14-29(30)33-24-25-40-42(41(33)34)35-18-8-11-21-39(35)50-40/h1-26H. The minimum Gasteiger partial charge on any atom is -0.456 e. The van der Waals surface area contributed by atoms with Crippen LogP contribution in [0.25, 0.3) is 105 Å². The van der Waals surface area contributed by atoms with E-state index in [1.165, 1.54) is 26.9 Å². The molecule has 5 heteroatoms. The third-order valence-electron chi connectivity index (χ3n) is 10.0. The van der Waals surface area contributed by atoms with Crippen LogP contribution in [0.15, 0.2) is 162 Å². The molecule has 0 bridgehead atoms. The van der Waals surface area contributed by atoms with E-state index in [-0.39, 0.29) is 0 Å². The van der Waals surface area contributed by atoms with Crippen LogP contribution in [0, 0.1) is 0 Å². The number of fused-ring (bicyclic) bond motifs is 13. The smallest absolute Gasteiger partial charge is 0.238 e. The fourth-order valence-corrected chi connectivity index (χ4v) is 7.85. The summed E-state index contributed by atoms with van der Waals surface area (Å²) in [6.07, 6.45) is 0. The van der Waals surface area contributed by atoms with E-state index in [0.29, 0.717) is 17.6 Å². The van der Waals surface area contributed by atoms with Gasteiger partial charge in [-0.3, -0.25) is 4.57 Å². The SMILES string of the molecule is c1ccc(-c2nc(-c3ccc4c(c3)c3ccccc3c3ccc5oc6ccccc6c5c34)nc(-n3c4ccccc4c4ccccc43)n2)cc1. The van der Waals surface area contributed by atoms with Gasteiger partial charge in [0, 0.05) is 38.1 Å². The van der Waals surface area contributed by atoms with Gasteiger partial charge in [-0.2, -0.15) is 9.97 Å². The molecule has 5 nitrogen and oxygen atoms in total. The number of rotatable bonds is 3. The summed E-state index contributed by atoms with van der Waals surface area (Å²) in [6.45, 7) is 0. The van der Waals surface area contributed by atoms with Crippen molar-refractivity contribution in [2.75, 3.05) is 0 Å². The monoisotopic (exact) mass is 638 g/mol. The molecule has 0 radical (unpaired) electrons. The van der Waals surface area contributed by atoms with E-state index < -0.39 is 0 Å². The lowest BCUT2D eigenvalue weighted by Crippen LogP contribution is -2.06. The molecule has 232 valence electrons. The lowest BCUT2D eigenvalue weighted by atomic mass is 9.91. The van der Waals surface area contributed by atoms with Crippen molar-refractivity contribution in [3.63, 3.8) is 0 Å². The van der Waals surface area contributed by atoms with Crippen molar-refractivity contribution in [1.29, 1.82) is 0 Å². The molecule has 0 aliphatic heterocycles. The second kappa shape index (κ2) is 10.3. The maximum absolute atomic E-state index is 6.35. The molecule has 50 heavy (non-hydrogen) atoms. The quantitative estimate of drug-likeness (QED) is 0.181. The van der Waals surface area contributed by atoms with Crippen LogP contribution in [0.3, 0.4) is 0 Å². The van der Waals surface area contributed by atoms with Crippen molar-refractivity contribution in [3.8, 4) is 28.7 Å². The first kappa shape index (κ1) is 27.1. The molecule has 0 spiro atoms. The van der Waals surface area contributed by atoms with Crippen molar-refractivity contribution >= 4 is 76.1 Å². The fraction of sp³-hybridized carbons (Fsp3) is 0. The fourth-order valence-electron chi connectivity index (χ4n) is 7.85. The zero-order valence-electron chi connectivity index (χ0n) is 26.7. The number of aromatic nitrogens is 4. The Morgan fingerprint density at radius 2 is 0.920 bits per heavy atom. The summed E-state index contributed by atoms with van der Waals surface area (Å²) in [5.74, 6) is 1.83. The number of nitrogens with zero attached hydrogens (tertiary/aromatic N) is 4. The lowest BCUT2D eigenvalue weighted by molar-refractivity contribution is 0.669. The summed E-state index contributed by atoms with van der Waals surface area (Å²) in [5.41, 5.74) is 5.75. The van der Waals surface area contributed by atoms with Crippen molar-refractivity contribution in [3.05, 3.63) is 158 Å². The highest BCUT2D eigenvalue weighted by molar-refractivity contribution is 6.34. The molecule has 0 atom stereocenters. The molecule has 0 aliphatic carbocycles. The molecule has 0 fully saturated rings. The third-order valence-corrected chi connectivity index (χ3v) is 10.0. The van der Waals surface area contributed by atoms with Crippen LogP contribution in [0.4, 0.5) is 0 Å². The molecule has 0 unspecified atom stereocenters. The minimum absolute atomic E-state index is 0.585. The van der Waals surface area contributed by atoms with E-state index in [2.05, 4.69) is 132 Å². The molecular formula is C45H26N4O. The van der Waals surface area contributed by atoms with Crippen LogP contribution in [-0.2, 0) is 0 Å². The van der Waals surface area contributed by atoms with Crippen LogP contribution in [-0.4, -0.2) is 19.5 Å². The highest BCUT2D eigenvalue weighted by Crippen LogP contribution is 2.43. The second-order valence-corrected chi connectivity index (χ2v) is 12.8. The third kappa shape index (κ3) is 3.86. The van der Waals surface area contributed by atoms with Crippen molar-refractivity contribution in [1.82, 2.24) is 19.5 Å². The van der Waals surface area contributed by atoms with Gasteiger partial charge in [0.15, 0.2) is 11.6 Å². The average molecular weight is 639 g/mol. The predicted molar refractivity (Wildman–Crippen MR) is 205 cm³/mol. The zero-order valence-corrected chi connectivity index (χ0v) is 26.7. The van der Waals surface area contributed by atoms with Gasteiger partial charge in [-0.15, -0.1) is 0 Å². The van der Waals surface area contributed by atoms with Crippen LogP contribution in [0.2, 0.25) is 0 Å². The van der Waals surface area contributed by atoms with Gasteiger partial charge in [0.2, 0.25) is 5.95 Å². The van der Waals surface area contributed by atoms with Crippen LogP contribution in [0.1, 0.15) is 0 Å². The summed E-state index contributed by atoms with van der Waals surface area (Å²) in [6, 6.07) is 54.9. The van der Waals surface area contributed by atoms with E-state index in [0.717, 1.165) is 60.3 Å². The van der Waals surface area contributed by atoms with Gasteiger partial charge in [0.25, 0.3) is 0 Å². The summed E-state index contributed by atoms with van der Waals surface area (Å²) >= 11 is 0. The molecule has 0 N–H and O–H groups in total. The second-order valence-electron chi connectivity index (χ2n) is 12.8. The zero-order chi connectivity index (χ0) is 32.8. The van der Waals surface area contributed by atoms with E-state index in [1.807, 2.05) is 30.3 Å². The maximum Gasteiger partial charge on any atom is 0.238 e. The van der Waals surface area contributed by atoms with Crippen molar-refractivity contribution in [2.45, 2.75) is 0 Å². The van der Waals surface area contributed by atoms with E-state index >= 15 is 0 Å². The molecule has 0 saturated heterocycles. The topological polar surface area (TPSA) is 56.7 Å². The number of para-hydroxylation sites is 3. The molecule has 3 heterocycles. The van der Waals surface area contributed by atoms with E-state index in [4.69, 9.17) is 19.4 Å².